The number of H-pyrrole nitrogens is 1. The number of rotatable bonds is 6. The fourth-order valence-corrected chi connectivity index (χ4v) is 5.51. The van der Waals surface area contributed by atoms with Crippen molar-refractivity contribution in [2.45, 2.75) is 44.4 Å². The largest absolute Gasteiger partial charge is 0.369 e. The first-order chi connectivity index (χ1) is 16.2. The molecule has 174 valence electrons. The van der Waals surface area contributed by atoms with Gasteiger partial charge in [0.25, 0.3) is 0 Å². The number of likely N-dealkylation sites (N-methyl/N-ethyl adjacent to an activating group) is 1. The van der Waals surface area contributed by atoms with Crippen molar-refractivity contribution in [2.75, 3.05) is 57.8 Å². The van der Waals surface area contributed by atoms with E-state index in [2.05, 4.69) is 63.1 Å². The molecule has 1 aromatic carbocycles. The molecule has 33 heavy (non-hydrogen) atoms. The van der Waals surface area contributed by atoms with Crippen LogP contribution in [0.2, 0.25) is 0 Å². The lowest BCUT2D eigenvalue weighted by Gasteiger charge is -2.34. The Kier molecular flexibility index (Phi) is 5.85. The first-order valence-electron chi connectivity index (χ1n) is 13.0. The van der Waals surface area contributed by atoms with Gasteiger partial charge in [0.15, 0.2) is 0 Å². The highest BCUT2D eigenvalue weighted by Gasteiger charge is 2.27. The van der Waals surface area contributed by atoms with Gasteiger partial charge in [-0.05, 0) is 70.1 Å². The zero-order chi connectivity index (χ0) is 22.2. The monoisotopic (exact) mass is 443 g/mol. The zero-order valence-corrected chi connectivity index (χ0v) is 20.0. The first kappa shape index (κ1) is 21.2. The number of aromatic amines is 1. The van der Waals surface area contributed by atoms with Crippen LogP contribution < -0.4 is 4.90 Å². The van der Waals surface area contributed by atoms with Gasteiger partial charge in [0.2, 0.25) is 0 Å². The molecule has 1 aliphatic carbocycles. The second kappa shape index (κ2) is 9.11. The minimum atomic E-state index is 0.651. The lowest BCUT2D eigenvalue weighted by atomic mass is 10.0. The summed E-state index contributed by atoms with van der Waals surface area (Å²) in [4.78, 5) is 16.5. The second-order valence-electron chi connectivity index (χ2n) is 10.4. The van der Waals surface area contributed by atoms with Crippen molar-refractivity contribution in [1.82, 2.24) is 19.8 Å². The van der Waals surface area contributed by atoms with Crippen molar-refractivity contribution in [2.24, 2.45) is 0 Å². The minimum Gasteiger partial charge on any atom is -0.369 e. The van der Waals surface area contributed by atoms with E-state index >= 15 is 0 Å². The van der Waals surface area contributed by atoms with Crippen LogP contribution in [-0.4, -0.2) is 72.6 Å². The number of hydrogen-bond acceptors (Lipinski definition) is 4. The van der Waals surface area contributed by atoms with E-state index in [-0.39, 0.29) is 0 Å². The molecule has 5 nitrogen and oxygen atoms in total. The predicted molar refractivity (Wildman–Crippen MR) is 137 cm³/mol. The molecule has 0 radical (unpaired) electrons. The Labute approximate surface area is 197 Å². The highest BCUT2D eigenvalue weighted by Crippen LogP contribution is 2.41. The lowest BCUT2D eigenvalue weighted by Crippen LogP contribution is -2.44. The van der Waals surface area contributed by atoms with E-state index in [0.29, 0.717) is 5.92 Å². The molecule has 0 bridgehead atoms. The highest BCUT2D eigenvalue weighted by atomic mass is 15.2. The summed E-state index contributed by atoms with van der Waals surface area (Å²) in [5.74, 6) is 0.651. The third-order valence-corrected chi connectivity index (χ3v) is 7.84. The van der Waals surface area contributed by atoms with Gasteiger partial charge in [-0.3, -0.25) is 4.98 Å². The summed E-state index contributed by atoms with van der Waals surface area (Å²) in [6.07, 6.45) is 7.77. The molecule has 4 heterocycles. The maximum Gasteiger partial charge on any atom is 0.0799 e. The van der Waals surface area contributed by atoms with Crippen molar-refractivity contribution in [3.63, 3.8) is 0 Å². The summed E-state index contributed by atoms with van der Waals surface area (Å²) in [7, 11) is 2.21. The Morgan fingerprint density at radius 2 is 1.67 bits per heavy atom. The number of nitrogens with one attached hydrogen (secondary N) is 1. The summed E-state index contributed by atoms with van der Waals surface area (Å²) in [6, 6.07) is 13.8. The number of nitrogens with zero attached hydrogens (tertiary/aromatic N) is 4. The number of hydrogen-bond donors (Lipinski definition) is 1. The van der Waals surface area contributed by atoms with Gasteiger partial charge in [-0.1, -0.05) is 18.6 Å². The lowest BCUT2D eigenvalue weighted by molar-refractivity contribution is 0.231. The van der Waals surface area contributed by atoms with Crippen molar-refractivity contribution in [3.8, 4) is 11.3 Å². The van der Waals surface area contributed by atoms with Crippen molar-refractivity contribution < 1.29 is 0 Å². The van der Waals surface area contributed by atoms with Crippen molar-refractivity contribution >= 4 is 16.6 Å². The Balaban J connectivity index is 1.27. The van der Waals surface area contributed by atoms with Crippen LogP contribution in [0.5, 0.6) is 0 Å². The van der Waals surface area contributed by atoms with Crippen LogP contribution in [0.4, 0.5) is 5.69 Å². The molecule has 3 aliphatic rings. The Morgan fingerprint density at radius 3 is 2.39 bits per heavy atom. The van der Waals surface area contributed by atoms with Crippen LogP contribution in [0.1, 0.15) is 49.4 Å². The fourth-order valence-electron chi connectivity index (χ4n) is 5.51. The number of anilines is 1. The van der Waals surface area contributed by atoms with Gasteiger partial charge < -0.3 is 19.7 Å². The van der Waals surface area contributed by atoms with Gasteiger partial charge in [-0.15, -0.1) is 0 Å². The van der Waals surface area contributed by atoms with Gasteiger partial charge in [0.05, 0.1) is 5.69 Å². The van der Waals surface area contributed by atoms with Crippen molar-refractivity contribution in [1.29, 1.82) is 0 Å². The van der Waals surface area contributed by atoms with Crippen LogP contribution >= 0.6 is 0 Å². The second-order valence-corrected chi connectivity index (χ2v) is 10.4. The van der Waals surface area contributed by atoms with Gasteiger partial charge in [-0.2, -0.15) is 0 Å². The molecule has 0 amide bonds. The molecular formula is C28H37N5. The van der Waals surface area contributed by atoms with Crippen molar-refractivity contribution in [3.05, 3.63) is 47.8 Å². The van der Waals surface area contributed by atoms with E-state index in [9.17, 15) is 0 Å². The molecule has 6 rings (SSSR count). The number of piperazine rings is 1. The number of fused-ring (bicyclic) bond motifs is 1. The van der Waals surface area contributed by atoms with Crippen LogP contribution in [0.3, 0.4) is 0 Å². The first-order valence-corrected chi connectivity index (χ1v) is 13.0. The maximum atomic E-state index is 5.20. The van der Waals surface area contributed by atoms with E-state index in [1.54, 1.807) is 0 Å². The van der Waals surface area contributed by atoms with Crippen LogP contribution in [0.15, 0.2) is 36.4 Å². The predicted octanol–water partition coefficient (Wildman–Crippen LogP) is 4.89. The average Bonchev–Trinajstić information content (AvgIpc) is 3.63. The topological polar surface area (TPSA) is 38.4 Å². The van der Waals surface area contributed by atoms with E-state index in [1.165, 1.54) is 78.7 Å². The molecule has 2 aromatic heterocycles. The minimum absolute atomic E-state index is 0.651. The van der Waals surface area contributed by atoms with E-state index in [1.807, 2.05) is 0 Å². The number of benzene rings is 1. The summed E-state index contributed by atoms with van der Waals surface area (Å²) < 4.78 is 0. The molecule has 1 N–H and O–H groups in total. The molecule has 2 saturated heterocycles. The van der Waals surface area contributed by atoms with E-state index in [0.717, 1.165) is 44.8 Å². The number of likely N-dealkylation sites (tertiary alicyclic amines) is 1. The normalized spacial score (nSPS) is 20.6. The van der Waals surface area contributed by atoms with E-state index < -0.39 is 0 Å². The SMILES string of the molecule is CN1CCN(c2ccc(-c3nc(C4CC4)cc4[nH]c(CCN5CCCCC5)cc34)cc2)CC1. The number of aromatic nitrogens is 2. The summed E-state index contributed by atoms with van der Waals surface area (Å²) in [5.41, 5.74) is 7.60. The quantitative estimate of drug-likeness (QED) is 0.589. The molecule has 1 saturated carbocycles. The smallest absolute Gasteiger partial charge is 0.0799 e. The Bertz CT molecular complexity index is 1080. The highest BCUT2D eigenvalue weighted by molar-refractivity contribution is 5.94. The number of piperidine rings is 1. The zero-order valence-electron chi connectivity index (χ0n) is 20.0. The average molecular weight is 444 g/mol. The standard InChI is InChI=1S/C28H37N5/c1-31-15-17-33(18-16-31)24-9-7-22(8-10-24)28-25-19-23(11-14-32-12-3-2-4-13-32)29-27(25)20-26(30-28)21-5-6-21/h7-10,19-21,29H,2-6,11-18H2,1H3. The third-order valence-electron chi connectivity index (χ3n) is 7.84. The molecule has 0 atom stereocenters. The Morgan fingerprint density at radius 1 is 0.909 bits per heavy atom. The van der Waals surface area contributed by atoms with E-state index in [4.69, 9.17) is 4.98 Å². The van der Waals surface area contributed by atoms with Gasteiger partial charge in [0.1, 0.15) is 0 Å². The summed E-state index contributed by atoms with van der Waals surface area (Å²) in [5, 5.41) is 1.28. The van der Waals surface area contributed by atoms with Crippen LogP contribution in [0.25, 0.3) is 22.2 Å². The molecule has 2 aliphatic heterocycles. The maximum absolute atomic E-state index is 5.20. The molecule has 3 aromatic rings. The third kappa shape index (κ3) is 4.67. The van der Waals surface area contributed by atoms with Gasteiger partial charge in [0, 0.05) is 78.6 Å². The summed E-state index contributed by atoms with van der Waals surface area (Å²) >= 11 is 0. The molecular weight excluding hydrogens is 406 g/mol. The van der Waals surface area contributed by atoms with Crippen LogP contribution in [-0.2, 0) is 6.42 Å². The van der Waals surface area contributed by atoms with Crippen LogP contribution in [0, 0.1) is 0 Å². The van der Waals surface area contributed by atoms with Gasteiger partial charge >= 0.3 is 0 Å². The summed E-state index contributed by atoms with van der Waals surface area (Å²) in [6.45, 7) is 8.16. The van der Waals surface area contributed by atoms with Gasteiger partial charge in [-0.25, -0.2) is 0 Å². The molecule has 3 fully saturated rings. The molecule has 0 unspecified atom stereocenters. The number of pyridine rings is 1. The Hall–Kier alpha value is -2.37. The molecule has 0 spiro atoms. The fraction of sp³-hybridized carbons (Fsp3) is 0.536. The molecule has 5 heteroatoms.